The van der Waals surface area contributed by atoms with Crippen LogP contribution in [0.2, 0.25) is 0 Å². The predicted octanol–water partition coefficient (Wildman–Crippen LogP) is 2.46. The van der Waals surface area contributed by atoms with Gasteiger partial charge in [0.25, 0.3) is 0 Å². The lowest BCUT2D eigenvalue weighted by molar-refractivity contribution is 0.181. The molecular weight excluding hydrogens is 346 g/mol. The Hall–Kier alpha value is -2.15. The summed E-state index contributed by atoms with van der Waals surface area (Å²) >= 11 is 0. The number of ether oxygens (including phenoxy) is 3. The largest absolute Gasteiger partial charge is 0.493 e. The number of nitrogens with zero attached hydrogens (tertiary/aromatic N) is 3. The molecule has 27 heavy (non-hydrogen) atoms. The van der Waals surface area contributed by atoms with E-state index in [-0.39, 0.29) is 0 Å². The number of hydrogen-bond acceptors (Lipinski definition) is 7. The Morgan fingerprint density at radius 1 is 0.963 bits per heavy atom. The summed E-state index contributed by atoms with van der Waals surface area (Å²) in [5.41, 5.74) is 2.10. The summed E-state index contributed by atoms with van der Waals surface area (Å²) in [7, 11) is 4.90. The van der Waals surface area contributed by atoms with Crippen LogP contribution in [0.25, 0.3) is 0 Å². The highest BCUT2D eigenvalue weighted by atomic mass is 16.5. The van der Waals surface area contributed by atoms with E-state index in [4.69, 9.17) is 14.2 Å². The van der Waals surface area contributed by atoms with Crippen molar-refractivity contribution in [3.8, 4) is 17.2 Å². The van der Waals surface area contributed by atoms with Crippen molar-refractivity contribution in [2.75, 3.05) is 52.4 Å². The van der Waals surface area contributed by atoms with Gasteiger partial charge in [-0.2, -0.15) is 0 Å². The Kier molecular flexibility index (Phi) is 5.04. The molecule has 4 rings (SSSR count). The summed E-state index contributed by atoms with van der Waals surface area (Å²) in [6.45, 7) is 3.77. The van der Waals surface area contributed by atoms with E-state index < -0.39 is 0 Å². The van der Waals surface area contributed by atoms with E-state index in [1.807, 2.05) is 12.1 Å². The van der Waals surface area contributed by atoms with E-state index in [0.29, 0.717) is 35.1 Å². The molecular formula is C20H29N3O4. The van der Waals surface area contributed by atoms with Crippen molar-refractivity contribution < 1.29 is 19.4 Å². The zero-order valence-corrected chi connectivity index (χ0v) is 16.4. The molecule has 0 aromatic heterocycles. The standard InChI is InChI=1S/C20H29N3O4/c1-25-16-11-15(12-17(26-2)20(16)27-3)22-6-8-23(9-7-22)19-14-5-4-13(10-14)18(19)21-24/h11-14,19,24H,4-10H2,1-3H3/b21-18+/t13-,14+,19+/m0/s1. The quantitative estimate of drug-likeness (QED) is 0.630. The summed E-state index contributed by atoms with van der Waals surface area (Å²) in [5, 5.41) is 13.2. The third-order valence-corrected chi connectivity index (χ3v) is 6.48. The van der Waals surface area contributed by atoms with Crippen LogP contribution in [0.3, 0.4) is 0 Å². The zero-order chi connectivity index (χ0) is 19.0. The molecule has 0 radical (unpaired) electrons. The maximum Gasteiger partial charge on any atom is 0.203 e. The number of benzene rings is 1. The van der Waals surface area contributed by atoms with E-state index in [9.17, 15) is 5.21 Å². The molecule has 1 aromatic rings. The molecule has 0 unspecified atom stereocenters. The molecule has 2 aliphatic carbocycles. The number of rotatable bonds is 5. The van der Waals surface area contributed by atoms with Crippen molar-refractivity contribution in [2.24, 2.45) is 17.0 Å². The van der Waals surface area contributed by atoms with Gasteiger partial charge in [-0.05, 0) is 25.2 Å². The average Bonchev–Trinajstić information content (AvgIpc) is 3.34. The van der Waals surface area contributed by atoms with Gasteiger partial charge in [0.15, 0.2) is 11.5 Å². The predicted molar refractivity (Wildman–Crippen MR) is 104 cm³/mol. The Labute approximate surface area is 160 Å². The molecule has 2 bridgehead atoms. The molecule has 1 aromatic carbocycles. The minimum atomic E-state index is 0.329. The first-order valence-corrected chi connectivity index (χ1v) is 9.71. The van der Waals surface area contributed by atoms with Gasteiger partial charge < -0.3 is 24.3 Å². The summed E-state index contributed by atoms with van der Waals surface area (Å²) in [5.74, 6) is 3.13. The summed E-state index contributed by atoms with van der Waals surface area (Å²) in [6.07, 6.45) is 3.64. The number of hydrogen-bond donors (Lipinski definition) is 1. The maximum absolute atomic E-state index is 9.50. The molecule has 1 heterocycles. The van der Waals surface area contributed by atoms with Crippen LogP contribution in [0.4, 0.5) is 5.69 Å². The van der Waals surface area contributed by atoms with Gasteiger partial charge in [-0.15, -0.1) is 0 Å². The molecule has 0 spiro atoms. The molecule has 3 aliphatic rings. The first kappa shape index (κ1) is 18.2. The van der Waals surface area contributed by atoms with E-state index in [1.165, 1.54) is 19.3 Å². The molecule has 7 heteroatoms. The second kappa shape index (κ2) is 7.46. The number of piperazine rings is 1. The Morgan fingerprint density at radius 3 is 2.19 bits per heavy atom. The maximum atomic E-state index is 9.50. The monoisotopic (exact) mass is 375 g/mol. The van der Waals surface area contributed by atoms with Gasteiger partial charge in [-0.1, -0.05) is 5.16 Å². The van der Waals surface area contributed by atoms with Crippen molar-refractivity contribution in [3.05, 3.63) is 12.1 Å². The zero-order valence-electron chi connectivity index (χ0n) is 16.4. The normalized spacial score (nSPS) is 29.4. The fourth-order valence-corrected chi connectivity index (χ4v) is 5.19. The van der Waals surface area contributed by atoms with Crippen LogP contribution >= 0.6 is 0 Å². The van der Waals surface area contributed by atoms with Crippen molar-refractivity contribution in [1.29, 1.82) is 0 Å². The first-order chi connectivity index (χ1) is 13.2. The Balaban J connectivity index is 1.48. The third kappa shape index (κ3) is 3.08. The van der Waals surface area contributed by atoms with Crippen molar-refractivity contribution in [3.63, 3.8) is 0 Å². The van der Waals surface area contributed by atoms with Crippen LogP contribution in [0.1, 0.15) is 19.3 Å². The second-order valence-corrected chi connectivity index (χ2v) is 7.65. The van der Waals surface area contributed by atoms with E-state index >= 15 is 0 Å². The highest BCUT2D eigenvalue weighted by molar-refractivity contribution is 5.94. The summed E-state index contributed by atoms with van der Waals surface area (Å²) < 4.78 is 16.4. The molecule has 3 atom stereocenters. The Morgan fingerprint density at radius 2 is 1.63 bits per heavy atom. The molecule has 148 valence electrons. The highest BCUT2D eigenvalue weighted by Crippen LogP contribution is 2.45. The molecule has 3 fully saturated rings. The third-order valence-electron chi connectivity index (χ3n) is 6.48. The minimum Gasteiger partial charge on any atom is -0.493 e. The molecule has 2 saturated carbocycles. The summed E-state index contributed by atoms with van der Waals surface area (Å²) in [4.78, 5) is 4.86. The SMILES string of the molecule is COc1cc(N2CCN([C@H]3/C(=N/O)[C@H]4CC[C@@H]3C4)CC2)cc(OC)c1OC. The molecule has 1 saturated heterocycles. The van der Waals surface area contributed by atoms with Crippen LogP contribution in [0, 0.1) is 11.8 Å². The average molecular weight is 375 g/mol. The van der Waals surface area contributed by atoms with Gasteiger partial charge >= 0.3 is 0 Å². The number of methoxy groups -OCH3 is 3. The van der Waals surface area contributed by atoms with Crippen LogP contribution in [-0.4, -0.2) is 69.4 Å². The minimum absolute atomic E-state index is 0.329. The topological polar surface area (TPSA) is 66.8 Å². The van der Waals surface area contributed by atoms with Crippen LogP contribution < -0.4 is 19.1 Å². The molecule has 1 aliphatic heterocycles. The van der Waals surface area contributed by atoms with Crippen LogP contribution in [-0.2, 0) is 0 Å². The smallest absolute Gasteiger partial charge is 0.203 e. The van der Waals surface area contributed by atoms with E-state index in [2.05, 4.69) is 15.0 Å². The van der Waals surface area contributed by atoms with Gasteiger partial charge in [0, 0.05) is 49.9 Å². The Bertz CT molecular complexity index is 690. The van der Waals surface area contributed by atoms with Crippen LogP contribution in [0.15, 0.2) is 17.3 Å². The van der Waals surface area contributed by atoms with Gasteiger partial charge in [0.05, 0.1) is 33.1 Å². The van der Waals surface area contributed by atoms with Crippen LogP contribution in [0.5, 0.6) is 17.2 Å². The number of oxime groups is 1. The van der Waals surface area contributed by atoms with Gasteiger partial charge in [-0.25, -0.2) is 0 Å². The lowest BCUT2D eigenvalue weighted by Gasteiger charge is -2.41. The molecule has 0 amide bonds. The fourth-order valence-electron chi connectivity index (χ4n) is 5.19. The van der Waals surface area contributed by atoms with Gasteiger partial charge in [-0.3, -0.25) is 4.90 Å². The summed E-state index contributed by atoms with van der Waals surface area (Å²) in [6, 6.07) is 4.35. The second-order valence-electron chi connectivity index (χ2n) is 7.65. The highest BCUT2D eigenvalue weighted by Gasteiger charge is 2.48. The number of anilines is 1. The fraction of sp³-hybridized carbons (Fsp3) is 0.650. The lowest BCUT2D eigenvalue weighted by Crippen LogP contribution is -2.54. The van der Waals surface area contributed by atoms with E-state index in [0.717, 1.165) is 37.6 Å². The van der Waals surface area contributed by atoms with Gasteiger partial charge in [0.2, 0.25) is 5.75 Å². The van der Waals surface area contributed by atoms with E-state index in [1.54, 1.807) is 21.3 Å². The van der Waals surface area contributed by atoms with Crippen molar-refractivity contribution in [2.45, 2.75) is 25.3 Å². The number of fused-ring (bicyclic) bond motifs is 2. The van der Waals surface area contributed by atoms with Gasteiger partial charge in [0.1, 0.15) is 0 Å². The molecule has 1 N–H and O–H groups in total. The van der Waals surface area contributed by atoms with Crippen molar-refractivity contribution in [1.82, 2.24) is 4.90 Å². The first-order valence-electron chi connectivity index (χ1n) is 9.71. The molecule has 7 nitrogen and oxygen atoms in total. The van der Waals surface area contributed by atoms with Crippen molar-refractivity contribution >= 4 is 11.4 Å². The lowest BCUT2D eigenvalue weighted by atomic mass is 9.91.